The van der Waals surface area contributed by atoms with Gasteiger partial charge in [-0.1, -0.05) is 0 Å². The largest absolute Gasteiger partial charge is 0.453 e. The van der Waals surface area contributed by atoms with Crippen molar-refractivity contribution in [2.45, 2.75) is 25.3 Å². The Morgan fingerprint density at radius 2 is 1.74 bits per heavy atom. The van der Waals surface area contributed by atoms with Gasteiger partial charge in [0.1, 0.15) is 6.04 Å². The molecule has 0 spiro atoms. The molecule has 0 aromatic rings. The van der Waals surface area contributed by atoms with E-state index in [1.165, 1.54) is 14.2 Å². The number of methoxy groups -OCH3 is 2. The van der Waals surface area contributed by atoms with E-state index < -0.39 is 24.1 Å². The highest BCUT2D eigenvalue weighted by atomic mass is 16.5. The van der Waals surface area contributed by atoms with Crippen molar-refractivity contribution in [3.63, 3.8) is 0 Å². The van der Waals surface area contributed by atoms with Crippen LogP contribution >= 0.6 is 0 Å². The van der Waals surface area contributed by atoms with Crippen molar-refractivity contribution in [2.24, 2.45) is 0 Å². The fraction of sp³-hybridized carbons (Fsp3) is 0.700. The fourth-order valence-corrected chi connectivity index (χ4v) is 1.31. The van der Waals surface area contributed by atoms with Crippen molar-refractivity contribution in [2.75, 3.05) is 20.8 Å². The molecule has 0 aromatic heterocycles. The van der Waals surface area contributed by atoms with Crippen LogP contribution in [0.5, 0.6) is 0 Å². The summed E-state index contributed by atoms with van der Waals surface area (Å²) in [5, 5.41) is 6.83. The maximum absolute atomic E-state index is 11.4. The Bertz CT molecular complexity index is 314. The molecule has 0 bridgehead atoms. The van der Waals surface area contributed by atoms with Crippen molar-refractivity contribution >= 4 is 26.1 Å². The van der Waals surface area contributed by atoms with Crippen LogP contribution in [0, 0.1) is 0 Å². The van der Waals surface area contributed by atoms with Gasteiger partial charge in [-0.2, -0.15) is 0 Å². The smallest absolute Gasteiger partial charge is 0.407 e. The van der Waals surface area contributed by atoms with E-state index in [4.69, 9.17) is 7.98 Å². The molecule has 106 valence electrons. The Morgan fingerprint density at radius 3 is 2.26 bits per heavy atom. The first-order valence-corrected chi connectivity index (χ1v) is 5.71. The second kappa shape index (κ2) is 10.0. The number of unbranched alkanes of at least 4 members (excludes halogenated alkanes) is 1. The molecule has 0 fully saturated rings. The predicted molar refractivity (Wildman–Crippen MR) is 67.5 cm³/mol. The standard InChI is InChI=1S/C10H18BN3O5/c1-18-9(16)12-6-4-3-5-7(8(15)14-11)13-10(17)19-2/h7H,3-6H2,1-2H3,(H,12,16)(H,13,17)(H,14,15). The number of carbonyl (C=O) groups is 3. The van der Waals surface area contributed by atoms with Gasteiger partial charge in [-0.15, -0.1) is 0 Å². The van der Waals surface area contributed by atoms with E-state index in [0.717, 1.165) is 0 Å². The minimum Gasteiger partial charge on any atom is -0.453 e. The van der Waals surface area contributed by atoms with Crippen LogP contribution in [0.1, 0.15) is 19.3 Å². The van der Waals surface area contributed by atoms with E-state index in [0.29, 0.717) is 25.8 Å². The van der Waals surface area contributed by atoms with E-state index in [1.807, 2.05) is 5.23 Å². The average molecular weight is 271 g/mol. The molecule has 0 saturated carbocycles. The number of amides is 3. The summed E-state index contributed by atoms with van der Waals surface area (Å²) in [6, 6.07) is -0.768. The first-order valence-electron chi connectivity index (χ1n) is 5.71. The van der Waals surface area contributed by atoms with Crippen molar-refractivity contribution in [1.29, 1.82) is 0 Å². The third-order valence-corrected chi connectivity index (χ3v) is 2.31. The van der Waals surface area contributed by atoms with Gasteiger partial charge in [0.05, 0.1) is 14.2 Å². The van der Waals surface area contributed by atoms with E-state index >= 15 is 0 Å². The lowest BCUT2D eigenvalue weighted by molar-refractivity contribution is -0.121. The predicted octanol–water partition coefficient (Wildman–Crippen LogP) is -0.563. The van der Waals surface area contributed by atoms with Gasteiger partial charge in [-0.05, 0) is 19.3 Å². The van der Waals surface area contributed by atoms with Gasteiger partial charge in [0, 0.05) is 6.54 Å². The monoisotopic (exact) mass is 271 g/mol. The minimum atomic E-state index is -0.768. The van der Waals surface area contributed by atoms with Gasteiger partial charge in [0.2, 0.25) is 13.9 Å². The first-order chi connectivity index (χ1) is 9.04. The van der Waals surface area contributed by atoms with E-state index in [1.54, 1.807) is 0 Å². The molecule has 3 amide bonds. The molecule has 19 heavy (non-hydrogen) atoms. The van der Waals surface area contributed by atoms with Crippen LogP contribution < -0.4 is 15.9 Å². The Morgan fingerprint density at radius 1 is 1.11 bits per heavy atom. The Hall–Kier alpha value is -1.93. The van der Waals surface area contributed by atoms with Crippen LogP contribution in [0.4, 0.5) is 9.59 Å². The number of hydrogen-bond donors (Lipinski definition) is 3. The lowest BCUT2D eigenvalue weighted by Crippen LogP contribution is -2.46. The summed E-state index contributed by atoms with van der Waals surface area (Å²) in [6.07, 6.45) is 0.393. The number of rotatable bonds is 7. The van der Waals surface area contributed by atoms with E-state index in [-0.39, 0.29) is 0 Å². The summed E-state index contributed by atoms with van der Waals surface area (Å²) < 4.78 is 8.80. The number of ether oxygens (including phenoxy) is 2. The third kappa shape index (κ3) is 7.90. The molecular weight excluding hydrogens is 253 g/mol. The zero-order chi connectivity index (χ0) is 14.7. The Kier molecular flexibility index (Phi) is 9.02. The Labute approximate surface area is 113 Å². The van der Waals surface area contributed by atoms with Crippen LogP contribution in [-0.2, 0) is 14.3 Å². The lowest BCUT2D eigenvalue weighted by Gasteiger charge is -2.16. The topological polar surface area (TPSA) is 106 Å². The number of alkyl carbamates (subject to hydrolysis) is 2. The summed E-state index contributed by atoms with van der Waals surface area (Å²) in [6.45, 7) is 0.419. The number of nitrogens with one attached hydrogen (secondary N) is 3. The molecule has 3 N–H and O–H groups in total. The van der Waals surface area contributed by atoms with E-state index in [2.05, 4.69) is 20.1 Å². The molecule has 0 rings (SSSR count). The molecule has 8 nitrogen and oxygen atoms in total. The zero-order valence-corrected chi connectivity index (χ0v) is 11.0. The molecule has 1 unspecified atom stereocenters. The minimum absolute atomic E-state index is 0.376. The van der Waals surface area contributed by atoms with Crippen LogP contribution in [0.2, 0.25) is 0 Å². The third-order valence-electron chi connectivity index (χ3n) is 2.31. The molecule has 0 aliphatic heterocycles. The van der Waals surface area contributed by atoms with Gasteiger partial charge in [0.25, 0.3) is 0 Å². The molecule has 1 atom stereocenters. The fourth-order valence-electron chi connectivity index (χ4n) is 1.31. The Balaban J connectivity index is 3.96. The molecule has 0 heterocycles. The van der Waals surface area contributed by atoms with Crippen molar-refractivity contribution in [1.82, 2.24) is 15.9 Å². The van der Waals surface area contributed by atoms with Crippen molar-refractivity contribution in [3.05, 3.63) is 0 Å². The summed E-state index contributed by atoms with van der Waals surface area (Å²) in [4.78, 5) is 33.2. The van der Waals surface area contributed by atoms with Crippen LogP contribution in [0.15, 0.2) is 0 Å². The first kappa shape index (κ1) is 17.1. The average Bonchev–Trinajstić information content (AvgIpc) is 2.43. The molecule has 0 aliphatic carbocycles. The second-order valence-electron chi connectivity index (χ2n) is 3.61. The SMILES string of the molecule is [B]NC(=O)C(CCCCNC(=O)OC)NC(=O)OC. The molecule has 2 radical (unpaired) electrons. The molecule has 0 aromatic carbocycles. The zero-order valence-electron chi connectivity index (χ0n) is 11.0. The quantitative estimate of drug-likeness (QED) is 0.425. The number of hydrogen-bond acceptors (Lipinski definition) is 5. The summed E-state index contributed by atoms with van der Waals surface area (Å²) >= 11 is 0. The molecular formula is C10H18BN3O5. The van der Waals surface area contributed by atoms with Crippen molar-refractivity contribution in [3.8, 4) is 0 Å². The highest BCUT2D eigenvalue weighted by Crippen LogP contribution is 2.01. The molecule has 0 saturated heterocycles. The van der Waals surface area contributed by atoms with Crippen LogP contribution in [-0.4, -0.2) is 52.9 Å². The second-order valence-corrected chi connectivity index (χ2v) is 3.61. The highest BCUT2D eigenvalue weighted by molar-refractivity contribution is 6.15. The van der Waals surface area contributed by atoms with Crippen LogP contribution in [0.3, 0.4) is 0 Å². The maximum atomic E-state index is 11.4. The summed E-state index contributed by atoms with van der Waals surface area (Å²) in [5.41, 5.74) is 0. The molecule has 9 heteroatoms. The van der Waals surface area contributed by atoms with Crippen LogP contribution in [0.25, 0.3) is 0 Å². The van der Waals surface area contributed by atoms with Gasteiger partial charge in [-0.25, -0.2) is 9.59 Å². The van der Waals surface area contributed by atoms with Gasteiger partial charge < -0.3 is 25.3 Å². The van der Waals surface area contributed by atoms with Gasteiger partial charge in [0.15, 0.2) is 0 Å². The number of carbonyl (C=O) groups excluding carboxylic acids is 3. The van der Waals surface area contributed by atoms with Gasteiger partial charge in [-0.3, -0.25) is 4.79 Å². The lowest BCUT2D eigenvalue weighted by atomic mass is 10.1. The summed E-state index contributed by atoms with van der Waals surface area (Å²) in [5.74, 6) is -0.508. The summed E-state index contributed by atoms with van der Waals surface area (Å²) in [7, 11) is 7.49. The van der Waals surface area contributed by atoms with E-state index in [9.17, 15) is 14.4 Å². The van der Waals surface area contributed by atoms with Crippen molar-refractivity contribution < 1.29 is 23.9 Å². The highest BCUT2D eigenvalue weighted by Gasteiger charge is 2.18. The normalized spacial score (nSPS) is 11.1. The van der Waals surface area contributed by atoms with Gasteiger partial charge >= 0.3 is 12.2 Å². The molecule has 0 aliphatic rings. The maximum Gasteiger partial charge on any atom is 0.407 e.